The summed E-state index contributed by atoms with van der Waals surface area (Å²) in [7, 11) is 0. The van der Waals surface area contributed by atoms with Gasteiger partial charge < -0.3 is 9.47 Å². The summed E-state index contributed by atoms with van der Waals surface area (Å²) in [5.41, 5.74) is 7.80. The smallest absolute Gasteiger partial charge is 0.406 e. The van der Waals surface area contributed by atoms with Gasteiger partial charge in [-0.3, -0.25) is 0 Å². The minimum atomic E-state index is -4.74. The number of nitrogens with zero attached hydrogens (tertiary/aromatic N) is 17. The Hall–Kier alpha value is -14.6. The lowest BCUT2D eigenvalue weighted by molar-refractivity contribution is -0.275. The van der Waals surface area contributed by atoms with Crippen LogP contribution in [0.15, 0.2) is 194 Å². The Labute approximate surface area is 721 Å². The van der Waals surface area contributed by atoms with Crippen molar-refractivity contribution in [2.45, 2.75) is 116 Å². The predicted octanol–water partition coefficient (Wildman–Crippen LogP) is 23.6. The number of hydrogen-bond donors (Lipinski definition) is 0. The van der Waals surface area contributed by atoms with Crippen LogP contribution in [0.5, 0.6) is 11.5 Å². The zero-order chi connectivity index (χ0) is 91.5. The van der Waals surface area contributed by atoms with Crippen molar-refractivity contribution in [2.24, 2.45) is 53.3 Å². The standard InChI is InChI=1S/C14H13F3N2O.2C12H11ClN2.C11H9ClN2.C11H7F3N2O.C11H7N3.C11H10N2.C10H7ClN2/c1-9(2)13(11(7-18)8-19)10-3-5-12(6-4-10)20-14(15,16)17;2*1-12(2,10(7-14)8-15)9-3-5-11(13)6-4-9;1-8(10(6-13)7-14)9-2-4-11(12)5-3-9;12-11(13,14)17-10-3-1-8(2-4-10)5-9(6-15)7-16;1-14-11-4-2-9(3-5-11)6-10(7-12)8-13;1-9-2-4-10(5-3-9)6-11(7-12)8-13;11-10-3-1-8(2-4-10)5-9(6-12)7-13/h3-6,9,11,13H,1-2H3;2*3-6,10H,1-2H3;2-5,8,10H,1H3;1-4,9H,5H2;2-5,10H,6H2;2-5,11H,6H2,1H3;1-4,9H,5H2. The van der Waals surface area contributed by atoms with Crippen LogP contribution in [-0.2, 0) is 36.5 Å². The van der Waals surface area contributed by atoms with Crippen molar-refractivity contribution in [2.75, 3.05) is 0 Å². The van der Waals surface area contributed by atoms with E-state index in [1.165, 1.54) is 42.0 Å². The maximum Gasteiger partial charge on any atom is 0.573 e. The second kappa shape index (κ2) is 54.4. The molecule has 0 aromatic heterocycles. The summed E-state index contributed by atoms with van der Waals surface area (Å²) in [5, 5.41) is 142. The first-order valence-corrected chi connectivity index (χ1v) is 37.4. The fourth-order valence-corrected chi connectivity index (χ4v) is 10.9. The average Bonchev–Trinajstić information content (AvgIpc) is 0.817. The van der Waals surface area contributed by atoms with Crippen molar-refractivity contribution in [3.05, 3.63) is 276 Å². The second-order valence-corrected chi connectivity index (χ2v) is 28.9. The Morgan fingerprint density at radius 2 is 0.579 bits per heavy atom. The van der Waals surface area contributed by atoms with Gasteiger partial charge in [0, 0.05) is 68.4 Å². The van der Waals surface area contributed by atoms with Gasteiger partial charge in [-0.25, -0.2) is 4.85 Å². The largest absolute Gasteiger partial charge is 0.573 e. The van der Waals surface area contributed by atoms with Gasteiger partial charge in [-0.05, 0) is 130 Å². The van der Waals surface area contributed by atoms with Crippen LogP contribution in [0.4, 0.5) is 32.0 Å². The molecule has 2 atom stereocenters. The van der Waals surface area contributed by atoms with E-state index in [1.807, 2.05) is 213 Å². The molecule has 0 aliphatic carbocycles. The molecule has 8 aromatic rings. The number of halogens is 10. The van der Waals surface area contributed by atoms with E-state index in [1.54, 1.807) is 84.9 Å². The first-order valence-electron chi connectivity index (χ1n) is 35.9. The van der Waals surface area contributed by atoms with E-state index < -0.39 is 70.9 Å². The summed E-state index contributed by atoms with van der Waals surface area (Å²) in [4.78, 5) is 3.25. The molecular weight excluding hydrogens is 1630 g/mol. The molecular formula is C92H75Cl4F6N17O2. The van der Waals surface area contributed by atoms with E-state index >= 15 is 0 Å². The Bertz CT molecular complexity index is 5110. The Balaban J connectivity index is 0.000000694. The molecule has 0 radical (unpaired) electrons. The van der Waals surface area contributed by atoms with E-state index in [-0.39, 0.29) is 35.7 Å². The van der Waals surface area contributed by atoms with Gasteiger partial charge in [0.15, 0.2) is 5.69 Å². The summed E-state index contributed by atoms with van der Waals surface area (Å²) < 4.78 is 79.2. The third kappa shape index (κ3) is 39.3. The number of hydrogen-bond acceptors (Lipinski definition) is 18. The van der Waals surface area contributed by atoms with Crippen molar-refractivity contribution >= 4 is 52.1 Å². The van der Waals surface area contributed by atoms with Gasteiger partial charge in [-0.2, -0.15) is 84.2 Å². The molecule has 0 saturated carbocycles. The number of aryl methyl sites for hydroxylation is 1. The summed E-state index contributed by atoms with van der Waals surface area (Å²) in [6.07, 6.45) is -7.87. The van der Waals surface area contributed by atoms with Crippen LogP contribution in [0, 0.1) is 248 Å². The van der Waals surface area contributed by atoms with Gasteiger partial charge in [0.25, 0.3) is 0 Å². The van der Waals surface area contributed by atoms with Crippen LogP contribution in [-0.4, -0.2) is 12.7 Å². The number of benzene rings is 8. The predicted molar refractivity (Wildman–Crippen MR) is 441 cm³/mol. The quantitative estimate of drug-likeness (QED) is 0.0536. The number of rotatable bonds is 19. The lowest BCUT2D eigenvalue weighted by Gasteiger charge is -2.25. The molecule has 0 fully saturated rings. The molecule has 0 spiro atoms. The van der Waals surface area contributed by atoms with Crippen LogP contribution in [0.1, 0.15) is 110 Å². The lowest BCUT2D eigenvalue weighted by Crippen LogP contribution is -2.26. The first-order chi connectivity index (χ1) is 57.3. The van der Waals surface area contributed by atoms with E-state index in [9.17, 15) is 26.3 Å². The molecule has 0 saturated heterocycles. The minimum absolute atomic E-state index is 0.00804. The molecule has 29 heteroatoms. The highest BCUT2D eigenvalue weighted by molar-refractivity contribution is 6.31. The molecule has 121 heavy (non-hydrogen) atoms. The molecule has 0 heterocycles. The molecule has 610 valence electrons. The number of nitriles is 16. The van der Waals surface area contributed by atoms with Gasteiger partial charge in [0.1, 0.15) is 58.8 Å². The maximum absolute atomic E-state index is 12.1. The van der Waals surface area contributed by atoms with Crippen LogP contribution in [0.3, 0.4) is 0 Å². The zero-order valence-corrected chi connectivity index (χ0v) is 69.4. The first kappa shape index (κ1) is 104. The van der Waals surface area contributed by atoms with Gasteiger partial charge in [-0.15, -0.1) is 26.3 Å². The minimum Gasteiger partial charge on any atom is -0.406 e. The highest BCUT2D eigenvalue weighted by Crippen LogP contribution is 2.36. The summed E-state index contributed by atoms with van der Waals surface area (Å²) in [6.45, 7) is 21.9. The highest BCUT2D eigenvalue weighted by Gasteiger charge is 2.35. The summed E-state index contributed by atoms with van der Waals surface area (Å²) in [5.74, 6) is -6.33. The Kier molecular flexibility index (Phi) is 46.9. The van der Waals surface area contributed by atoms with Crippen molar-refractivity contribution in [1.82, 2.24) is 0 Å². The topological polar surface area (TPSA) is 403 Å². The molecule has 0 bridgehead atoms. The van der Waals surface area contributed by atoms with Crippen molar-refractivity contribution < 1.29 is 35.8 Å². The summed E-state index contributed by atoms with van der Waals surface area (Å²) in [6, 6.07) is 84.9. The SMILES string of the molecule is CC(C)(c1ccc(Cl)cc1)C(C#N)C#N.CC(C)(c1ccc(Cl)cc1)C(C#N)C#N.CC(C)C(c1ccc(OC(F)(F)F)cc1)C(C#N)C#N.CC(c1ccc(Cl)cc1)C(C#N)C#N.Cc1ccc(CC(C#N)C#N)cc1.N#CC(C#N)Cc1ccc(Cl)cc1.N#CC(C#N)Cc1ccc(OC(F)(F)F)cc1.[C-]#[N+]c1ccc(CC(C#N)C#N)cc1. The third-order valence-corrected chi connectivity index (χ3v) is 18.4. The lowest BCUT2D eigenvalue weighted by atomic mass is 9.75. The van der Waals surface area contributed by atoms with Crippen molar-refractivity contribution in [3.63, 3.8) is 0 Å². The van der Waals surface area contributed by atoms with Gasteiger partial charge in [0.05, 0.1) is 104 Å². The van der Waals surface area contributed by atoms with Gasteiger partial charge in [-0.1, -0.05) is 222 Å². The molecule has 0 N–H and O–H groups in total. The maximum atomic E-state index is 12.1. The van der Waals surface area contributed by atoms with Crippen LogP contribution in [0.2, 0.25) is 20.1 Å². The molecule has 0 aliphatic heterocycles. The average molecular weight is 1710 g/mol. The summed E-state index contributed by atoms with van der Waals surface area (Å²) >= 11 is 23.0. The fraction of sp³-hybridized carbons (Fsp3) is 0.293. The van der Waals surface area contributed by atoms with E-state index in [0.29, 0.717) is 56.2 Å². The van der Waals surface area contributed by atoms with E-state index in [4.69, 9.17) is 137 Å². The van der Waals surface area contributed by atoms with Gasteiger partial charge >= 0.3 is 12.7 Å². The fourth-order valence-electron chi connectivity index (χ4n) is 10.4. The van der Waals surface area contributed by atoms with Gasteiger partial charge in [0.2, 0.25) is 0 Å². The molecule has 0 amide bonds. The molecule has 0 aliphatic rings. The number of ether oxygens (including phenoxy) is 2. The van der Waals surface area contributed by atoms with Crippen molar-refractivity contribution in [1.29, 1.82) is 84.2 Å². The van der Waals surface area contributed by atoms with Crippen LogP contribution in [0.25, 0.3) is 4.85 Å². The molecule has 19 nitrogen and oxygen atoms in total. The zero-order valence-electron chi connectivity index (χ0n) is 66.4. The van der Waals surface area contributed by atoms with Crippen LogP contribution < -0.4 is 9.47 Å². The highest BCUT2D eigenvalue weighted by atomic mass is 35.5. The van der Waals surface area contributed by atoms with E-state index in [0.717, 1.165) is 45.5 Å². The monoisotopic (exact) mass is 1700 g/mol. The molecule has 8 aromatic carbocycles. The molecule has 2 unspecified atom stereocenters. The molecule has 8 rings (SSSR count). The number of alkyl halides is 6. The Morgan fingerprint density at radius 3 is 0.835 bits per heavy atom. The normalized spacial score (nSPS) is 10.7. The van der Waals surface area contributed by atoms with Crippen molar-refractivity contribution in [3.8, 4) is 109 Å². The Morgan fingerprint density at radius 1 is 0.331 bits per heavy atom. The second-order valence-electron chi connectivity index (χ2n) is 27.2. The van der Waals surface area contributed by atoms with Crippen LogP contribution >= 0.6 is 46.4 Å². The van der Waals surface area contributed by atoms with E-state index in [2.05, 4.69) is 14.3 Å². The third-order valence-electron chi connectivity index (χ3n) is 17.4.